The van der Waals surface area contributed by atoms with Gasteiger partial charge in [0.15, 0.2) is 15.6 Å². The topological polar surface area (TPSA) is 80.3 Å². The molecule has 0 aliphatic carbocycles. The average molecular weight is 337 g/mol. The minimum absolute atomic E-state index is 0.0578. The first kappa shape index (κ1) is 16.4. The molecule has 0 saturated carbocycles. The van der Waals surface area contributed by atoms with Crippen LogP contribution in [0.3, 0.4) is 0 Å². The smallest absolute Gasteiger partial charge is 0.224 e. The molecule has 116 valence electrons. The molecule has 0 aliphatic rings. The van der Waals surface area contributed by atoms with E-state index in [-0.39, 0.29) is 29.4 Å². The van der Waals surface area contributed by atoms with Gasteiger partial charge in [0, 0.05) is 24.8 Å². The quantitative estimate of drug-likeness (QED) is 0.822. The number of Topliss-reactive ketones (excluding diaryl/α,β-unsaturated/α-hetero) is 1. The van der Waals surface area contributed by atoms with Crippen LogP contribution in [0.2, 0.25) is 0 Å². The van der Waals surface area contributed by atoms with Crippen molar-refractivity contribution < 1.29 is 18.0 Å². The summed E-state index contributed by atoms with van der Waals surface area (Å²) in [5.41, 5.74) is 0.501. The van der Waals surface area contributed by atoms with Crippen LogP contribution in [0.5, 0.6) is 0 Å². The van der Waals surface area contributed by atoms with E-state index in [2.05, 4.69) is 5.32 Å². The fraction of sp³-hybridized carbons (Fsp3) is 0.200. The standard InChI is InChI=1S/C15H15NO4S2/c1-22(19,20)12-6-4-11(5-7-12)16-15(18)9-8-13(17)14-3-2-10-21-14/h2-7,10H,8-9H2,1H3,(H,16,18). The summed E-state index contributed by atoms with van der Waals surface area (Å²) in [6, 6.07) is 9.43. The number of rotatable bonds is 6. The number of carbonyl (C=O) groups is 2. The Balaban J connectivity index is 1.88. The molecule has 0 atom stereocenters. The molecule has 5 nitrogen and oxygen atoms in total. The Morgan fingerprint density at radius 2 is 1.77 bits per heavy atom. The number of ketones is 1. The molecule has 0 saturated heterocycles. The summed E-state index contributed by atoms with van der Waals surface area (Å²) in [6.07, 6.45) is 1.36. The Morgan fingerprint density at radius 3 is 2.32 bits per heavy atom. The molecule has 1 amide bonds. The SMILES string of the molecule is CS(=O)(=O)c1ccc(NC(=O)CCC(=O)c2cccs2)cc1. The average Bonchev–Trinajstić information content (AvgIpc) is 2.98. The first-order valence-electron chi connectivity index (χ1n) is 6.53. The van der Waals surface area contributed by atoms with E-state index in [9.17, 15) is 18.0 Å². The Labute approximate surface area is 132 Å². The number of benzene rings is 1. The van der Waals surface area contributed by atoms with Crippen LogP contribution in [0.25, 0.3) is 0 Å². The lowest BCUT2D eigenvalue weighted by Gasteiger charge is -2.05. The van der Waals surface area contributed by atoms with Crippen molar-refractivity contribution >= 4 is 38.6 Å². The van der Waals surface area contributed by atoms with Gasteiger partial charge < -0.3 is 5.32 Å². The second-order valence-corrected chi connectivity index (χ2v) is 7.71. The van der Waals surface area contributed by atoms with Crippen molar-refractivity contribution in [2.45, 2.75) is 17.7 Å². The first-order valence-corrected chi connectivity index (χ1v) is 9.30. The Morgan fingerprint density at radius 1 is 1.09 bits per heavy atom. The van der Waals surface area contributed by atoms with Crippen LogP contribution in [-0.4, -0.2) is 26.4 Å². The van der Waals surface area contributed by atoms with E-state index in [0.29, 0.717) is 10.6 Å². The summed E-state index contributed by atoms with van der Waals surface area (Å²) >= 11 is 1.35. The van der Waals surface area contributed by atoms with Gasteiger partial charge in [0.05, 0.1) is 9.77 Å². The molecule has 2 rings (SSSR count). The lowest BCUT2D eigenvalue weighted by molar-refractivity contribution is -0.116. The van der Waals surface area contributed by atoms with Crippen molar-refractivity contribution in [3.8, 4) is 0 Å². The summed E-state index contributed by atoms with van der Waals surface area (Å²) in [5.74, 6) is -0.338. The first-order chi connectivity index (χ1) is 10.4. The van der Waals surface area contributed by atoms with Crippen molar-refractivity contribution in [3.63, 3.8) is 0 Å². The Bertz CT molecular complexity index is 762. The molecule has 0 fully saturated rings. The minimum Gasteiger partial charge on any atom is -0.326 e. The van der Waals surface area contributed by atoms with Gasteiger partial charge in [0.1, 0.15) is 0 Å². The van der Waals surface area contributed by atoms with Crippen LogP contribution in [0.1, 0.15) is 22.5 Å². The highest BCUT2D eigenvalue weighted by Gasteiger charge is 2.11. The Hall–Kier alpha value is -1.99. The van der Waals surface area contributed by atoms with Gasteiger partial charge in [-0.05, 0) is 35.7 Å². The maximum absolute atomic E-state index is 11.8. The van der Waals surface area contributed by atoms with Crippen LogP contribution >= 0.6 is 11.3 Å². The zero-order valence-electron chi connectivity index (χ0n) is 11.9. The third-order valence-electron chi connectivity index (χ3n) is 2.94. The molecule has 0 unspecified atom stereocenters. The lowest BCUT2D eigenvalue weighted by Crippen LogP contribution is -2.13. The van der Waals surface area contributed by atoms with E-state index in [1.165, 1.54) is 35.6 Å². The van der Waals surface area contributed by atoms with Gasteiger partial charge in [0.2, 0.25) is 5.91 Å². The summed E-state index contributed by atoms with van der Waals surface area (Å²) in [6.45, 7) is 0. The third-order valence-corrected chi connectivity index (χ3v) is 4.98. The zero-order valence-corrected chi connectivity index (χ0v) is 13.5. The van der Waals surface area contributed by atoms with Crippen LogP contribution in [-0.2, 0) is 14.6 Å². The Kier molecular flexibility index (Phi) is 5.10. The van der Waals surface area contributed by atoms with E-state index in [4.69, 9.17) is 0 Å². The van der Waals surface area contributed by atoms with Crippen molar-refractivity contribution in [1.29, 1.82) is 0 Å². The molecule has 1 aromatic carbocycles. The number of nitrogens with one attached hydrogen (secondary N) is 1. The molecule has 1 N–H and O–H groups in total. The van der Waals surface area contributed by atoms with E-state index >= 15 is 0 Å². The number of carbonyl (C=O) groups excluding carboxylic acids is 2. The molecule has 0 aliphatic heterocycles. The minimum atomic E-state index is -3.25. The highest BCUT2D eigenvalue weighted by molar-refractivity contribution is 7.90. The molecular weight excluding hydrogens is 322 g/mol. The largest absolute Gasteiger partial charge is 0.326 e. The van der Waals surface area contributed by atoms with Gasteiger partial charge in [-0.15, -0.1) is 11.3 Å². The van der Waals surface area contributed by atoms with Crippen molar-refractivity contribution in [3.05, 3.63) is 46.7 Å². The molecule has 7 heteroatoms. The molecule has 0 bridgehead atoms. The van der Waals surface area contributed by atoms with Crippen molar-refractivity contribution in [1.82, 2.24) is 0 Å². The zero-order chi connectivity index (χ0) is 16.2. The third kappa shape index (κ3) is 4.51. The molecule has 0 radical (unpaired) electrons. The molecule has 1 heterocycles. The van der Waals surface area contributed by atoms with Crippen LogP contribution < -0.4 is 5.32 Å². The van der Waals surface area contributed by atoms with Gasteiger partial charge in [-0.1, -0.05) is 6.07 Å². The fourth-order valence-corrected chi connectivity index (χ4v) is 3.12. The molecule has 0 spiro atoms. The highest BCUT2D eigenvalue weighted by atomic mass is 32.2. The predicted molar refractivity (Wildman–Crippen MR) is 86.1 cm³/mol. The van der Waals surface area contributed by atoms with Crippen LogP contribution in [0, 0.1) is 0 Å². The van der Waals surface area contributed by atoms with Gasteiger partial charge in [-0.3, -0.25) is 9.59 Å². The van der Waals surface area contributed by atoms with Crippen LogP contribution in [0.15, 0.2) is 46.7 Å². The second-order valence-electron chi connectivity index (χ2n) is 4.75. The monoisotopic (exact) mass is 337 g/mol. The van der Waals surface area contributed by atoms with E-state index in [0.717, 1.165) is 6.26 Å². The van der Waals surface area contributed by atoms with E-state index < -0.39 is 9.84 Å². The van der Waals surface area contributed by atoms with E-state index in [1.807, 2.05) is 5.38 Å². The van der Waals surface area contributed by atoms with Crippen LogP contribution in [0.4, 0.5) is 5.69 Å². The molecule has 22 heavy (non-hydrogen) atoms. The number of thiophene rings is 1. The second kappa shape index (κ2) is 6.85. The number of hydrogen-bond acceptors (Lipinski definition) is 5. The number of anilines is 1. The lowest BCUT2D eigenvalue weighted by atomic mass is 10.2. The normalized spacial score (nSPS) is 11.1. The highest BCUT2D eigenvalue weighted by Crippen LogP contribution is 2.15. The van der Waals surface area contributed by atoms with Gasteiger partial charge >= 0.3 is 0 Å². The number of amides is 1. The van der Waals surface area contributed by atoms with Gasteiger partial charge in [0.25, 0.3) is 0 Å². The van der Waals surface area contributed by atoms with E-state index in [1.54, 1.807) is 12.1 Å². The number of hydrogen-bond donors (Lipinski definition) is 1. The maximum atomic E-state index is 11.8. The van der Waals surface area contributed by atoms with Crippen molar-refractivity contribution in [2.24, 2.45) is 0 Å². The molecule has 1 aromatic heterocycles. The van der Waals surface area contributed by atoms with Crippen molar-refractivity contribution in [2.75, 3.05) is 11.6 Å². The fourth-order valence-electron chi connectivity index (χ4n) is 1.80. The molecular formula is C15H15NO4S2. The summed E-state index contributed by atoms with van der Waals surface area (Å²) in [7, 11) is -3.25. The maximum Gasteiger partial charge on any atom is 0.224 e. The summed E-state index contributed by atoms with van der Waals surface area (Å²) in [4.78, 5) is 24.4. The summed E-state index contributed by atoms with van der Waals surface area (Å²) < 4.78 is 22.7. The summed E-state index contributed by atoms with van der Waals surface area (Å²) in [5, 5.41) is 4.45. The van der Waals surface area contributed by atoms with Gasteiger partial charge in [-0.2, -0.15) is 0 Å². The number of sulfone groups is 1. The molecule has 2 aromatic rings. The van der Waals surface area contributed by atoms with Gasteiger partial charge in [-0.25, -0.2) is 8.42 Å². The predicted octanol–water partition coefficient (Wildman–Crippen LogP) is 2.75.